The van der Waals surface area contributed by atoms with E-state index in [0.717, 1.165) is 0 Å². The minimum atomic E-state index is -0.299. The number of aromatic nitrogens is 2. The molecule has 0 atom stereocenters. The van der Waals surface area contributed by atoms with E-state index in [4.69, 9.17) is 4.74 Å². The number of aromatic amines is 1. The Morgan fingerprint density at radius 2 is 2.12 bits per heavy atom. The number of nitrogens with zero attached hydrogens (tertiary/aromatic N) is 1. The summed E-state index contributed by atoms with van der Waals surface area (Å²) in [6.45, 7) is 0. The molecule has 0 saturated carbocycles. The van der Waals surface area contributed by atoms with Crippen LogP contribution in [0.15, 0.2) is 35.1 Å². The van der Waals surface area contributed by atoms with Crippen LogP contribution in [0.5, 0.6) is 5.75 Å². The number of carbonyl (C=O) groups is 1. The second-order valence-corrected chi connectivity index (χ2v) is 3.17. The molecule has 0 bridgehead atoms. The standard InChI is InChI=1S/C11H10N2O3/c1-16-10-5-3-2-4-9(10)13-11(15)6-8(7-14)12-13/h2-7,12H,1H3. The molecule has 1 aromatic carbocycles. The maximum Gasteiger partial charge on any atom is 0.272 e. The average Bonchev–Trinajstić information content (AvgIpc) is 2.70. The van der Waals surface area contributed by atoms with E-state index in [-0.39, 0.29) is 11.3 Å². The van der Waals surface area contributed by atoms with E-state index in [1.807, 2.05) is 0 Å². The van der Waals surface area contributed by atoms with Gasteiger partial charge in [-0.3, -0.25) is 14.7 Å². The van der Waals surface area contributed by atoms with Gasteiger partial charge in [0.25, 0.3) is 5.56 Å². The third-order valence-corrected chi connectivity index (χ3v) is 2.19. The van der Waals surface area contributed by atoms with Crippen LogP contribution >= 0.6 is 0 Å². The summed E-state index contributed by atoms with van der Waals surface area (Å²) in [5.74, 6) is 0.559. The molecular formula is C11H10N2O3. The van der Waals surface area contributed by atoms with Gasteiger partial charge in [-0.25, -0.2) is 4.68 Å². The predicted octanol–water partition coefficient (Wildman–Crippen LogP) is 0.987. The first-order valence-corrected chi connectivity index (χ1v) is 4.67. The Kier molecular flexibility index (Phi) is 2.59. The Labute approximate surface area is 91.3 Å². The Morgan fingerprint density at radius 3 is 2.75 bits per heavy atom. The summed E-state index contributed by atoms with van der Waals surface area (Å²) in [5, 5.41) is 2.68. The summed E-state index contributed by atoms with van der Waals surface area (Å²) >= 11 is 0. The van der Waals surface area contributed by atoms with Gasteiger partial charge in [0.15, 0.2) is 6.29 Å². The predicted molar refractivity (Wildman–Crippen MR) is 58.3 cm³/mol. The number of hydrogen-bond donors (Lipinski definition) is 1. The third-order valence-electron chi connectivity index (χ3n) is 2.19. The zero-order valence-electron chi connectivity index (χ0n) is 8.64. The van der Waals surface area contributed by atoms with Crippen molar-refractivity contribution < 1.29 is 9.53 Å². The molecule has 0 amide bonds. The fraction of sp³-hybridized carbons (Fsp3) is 0.0909. The fourth-order valence-corrected chi connectivity index (χ4v) is 1.47. The van der Waals surface area contributed by atoms with Crippen molar-refractivity contribution in [1.29, 1.82) is 0 Å². The summed E-state index contributed by atoms with van der Waals surface area (Å²) in [4.78, 5) is 22.1. The first-order chi connectivity index (χ1) is 7.76. The number of benzene rings is 1. The van der Waals surface area contributed by atoms with Crippen LogP contribution in [-0.2, 0) is 0 Å². The van der Waals surface area contributed by atoms with E-state index in [9.17, 15) is 9.59 Å². The number of ether oxygens (including phenoxy) is 1. The number of nitrogens with one attached hydrogen (secondary N) is 1. The van der Waals surface area contributed by atoms with Gasteiger partial charge in [-0.15, -0.1) is 0 Å². The van der Waals surface area contributed by atoms with E-state index in [0.29, 0.717) is 17.7 Å². The van der Waals surface area contributed by atoms with Gasteiger partial charge < -0.3 is 4.74 Å². The summed E-state index contributed by atoms with van der Waals surface area (Å²) in [6.07, 6.45) is 0.591. The Balaban J connectivity index is 2.62. The van der Waals surface area contributed by atoms with Gasteiger partial charge in [-0.05, 0) is 12.1 Å². The molecule has 0 aliphatic rings. The molecule has 0 unspecified atom stereocenters. The van der Waals surface area contributed by atoms with Crippen LogP contribution in [0.3, 0.4) is 0 Å². The molecule has 16 heavy (non-hydrogen) atoms. The highest BCUT2D eigenvalue weighted by atomic mass is 16.5. The molecule has 0 aliphatic heterocycles. The van der Waals surface area contributed by atoms with Gasteiger partial charge in [-0.2, -0.15) is 0 Å². The van der Waals surface area contributed by atoms with Crippen molar-refractivity contribution in [3.63, 3.8) is 0 Å². The number of methoxy groups -OCH3 is 1. The van der Waals surface area contributed by atoms with Crippen LogP contribution in [0.2, 0.25) is 0 Å². The molecule has 2 rings (SSSR count). The van der Waals surface area contributed by atoms with Crippen LogP contribution < -0.4 is 10.3 Å². The van der Waals surface area contributed by atoms with E-state index in [2.05, 4.69) is 5.10 Å². The van der Waals surface area contributed by atoms with E-state index in [1.165, 1.54) is 17.9 Å². The zero-order chi connectivity index (χ0) is 11.5. The first kappa shape index (κ1) is 10.2. The molecule has 82 valence electrons. The van der Waals surface area contributed by atoms with Crippen LogP contribution in [0.4, 0.5) is 0 Å². The molecule has 5 heteroatoms. The van der Waals surface area contributed by atoms with E-state index < -0.39 is 0 Å². The number of aldehydes is 1. The average molecular weight is 218 g/mol. The zero-order valence-corrected chi connectivity index (χ0v) is 8.64. The van der Waals surface area contributed by atoms with Gasteiger partial charge in [0.1, 0.15) is 17.1 Å². The molecule has 5 nitrogen and oxygen atoms in total. The number of carbonyl (C=O) groups excluding carboxylic acids is 1. The maximum atomic E-state index is 11.6. The lowest BCUT2D eigenvalue weighted by Crippen LogP contribution is -2.14. The molecule has 1 N–H and O–H groups in total. The molecule has 0 spiro atoms. The fourth-order valence-electron chi connectivity index (χ4n) is 1.47. The smallest absolute Gasteiger partial charge is 0.272 e. The number of hydrogen-bond acceptors (Lipinski definition) is 3. The second kappa shape index (κ2) is 4.06. The molecule has 0 aliphatic carbocycles. The molecular weight excluding hydrogens is 208 g/mol. The molecule has 1 heterocycles. The number of rotatable bonds is 3. The van der Waals surface area contributed by atoms with Crippen LogP contribution in [0, 0.1) is 0 Å². The third kappa shape index (κ3) is 1.63. The number of H-pyrrole nitrogens is 1. The van der Waals surface area contributed by atoms with Gasteiger partial charge in [0.05, 0.1) is 7.11 Å². The van der Waals surface area contributed by atoms with Crippen molar-refractivity contribution in [2.24, 2.45) is 0 Å². The van der Waals surface area contributed by atoms with E-state index in [1.54, 1.807) is 24.3 Å². The Morgan fingerprint density at radius 1 is 1.38 bits per heavy atom. The summed E-state index contributed by atoms with van der Waals surface area (Å²) in [7, 11) is 1.52. The van der Waals surface area contributed by atoms with Crippen molar-refractivity contribution in [2.75, 3.05) is 7.11 Å². The topological polar surface area (TPSA) is 64.1 Å². The van der Waals surface area contributed by atoms with Crippen molar-refractivity contribution in [3.05, 3.63) is 46.4 Å². The van der Waals surface area contributed by atoms with Crippen LogP contribution in [0.1, 0.15) is 10.5 Å². The SMILES string of the molecule is COc1ccccc1-n1[nH]c(C=O)cc1=O. The lowest BCUT2D eigenvalue weighted by Gasteiger charge is -2.07. The largest absolute Gasteiger partial charge is 0.494 e. The molecule has 0 fully saturated rings. The van der Waals surface area contributed by atoms with Crippen LogP contribution in [0.25, 0.3) is 5.69 Å². The molecule has 0 saturated heterocycles. The molecule has 0 radical (unpaired) electrons. The minimum absolute atomic E-state index is 0.232. The van der Waals surface area contributed by atoms with Crippen LogP contribution in [-0.4, -0.2) is 23.2 Å². The minimum Gasteiger partial charge on any atom is -0.494 e. The monoisotopic (exact) mass is 218 g/mol. The van der Waals surface area contributed by atoms with Crippen molar-refractivity contribution in [2.45, 2.75) is 0 Å². The van der Waals surface area contributed by atoms with Gasteiger partial charge in [-0.1, -0.05) is 12.1 Å². The molecule has 2 aromatic rings. The lowest BCUT2D eigenvalue weighted by atomic mass is 10.3. The highest BCUT2D eigenvalue weighted by Gasteiger charge is 2.08. The summed E-state index contributed by atoms with van der Waals surface area (Å²) in [5.41, 5.74) is 0.505. The Hall–Kier alpha value is -2.30. The lowest BCUT2D eigenvalue weighted by molar-refractivity contribution is 0.111. The van der Waals surface area contributed by atoms with Gasteiger partial charge >= 0.3 is 0 Å². The highest BCUT2D eigenvalue weighted by Crippen LogP contribution is 2.19. The number of para-hydroxylation sites is 2. The first-order valence-electron chi connectivity index (χ1n) is 4.67. The Bertz CT molecular complexity index is 569. The van der Waals surface area contributed by atoms with Crippen molar-refractivity contribution >= 4 is 6.29 Å². The van der Waals surface area contributed by atoms with Crippen molar-refractivity contribution in [1.82, 2.24) is 9.78 Å². The second-order valence-electron chi connectivity index (χ2n) is 3.17. The highest BCUT2D eigenvalue weighted by molar-refractivity contribution is 5.71. The van der Waals surface area contributed by atoms with Gasteiger partial charge in [0.2, 0.25) is 0 Å². The molecule has 1 aromatic heterocycles. The van der Waals surface area contributed by atoms with Gasteiger partial charge in [0, 0.05) is 6.07 Å². The van der Waals surface area contributed by atoms with Crippen molar-refractivity contribution in [3.8, 4) is 11.4 Å². The normalized spacial score (nSPS) is 10.1. The summed E-state index contributed by atoms with van der Waals surface area (Å²) in [6, 6.07) is 8.29. The van der Waals surface area contributed by atoms with E-state index >= 15 is 0 Å². The summed E-state index contributed by atoms with van der Waals surface area (Å²) < 4.78 is 6.40. The maximum absolute atomic E-state index is 11.6. The quantitative estimate of drug-likeness (QED) is 0.781.